The number of benzene rings is 3. The first-order chi connectivity index (χ1) is 15.1. The molecule has 7 heteroatoms. The Balaban J connectivity index is 1.60. The molecule has 3 aromatic carbocycles. The van der Waals surface area contributed by atoms with Gasteiger partial charge in [-0.3, -0.25) is 9.59 Å². The third kappa shape index (κ3) is 5.93. The molecule has 0 aliphatic carbocycles. The van der Waals surface area contributed by atoms with Crippen molar-refractivity contribution >= 4 is 18.0 Å². The van der Waals surface area contributed by atoms with Gasteiger partial charge in [0.15, 0.2) is 11.5 Å². The monoisotopic (exact) mass is 417 g/mol. The number of hydrogen-bond acceptors (Lipinski definition) is 5. The second-order valence-electron chi connectivity index (χ2n) is 6.70. The van der Waals surface area contributed by atoms with Gasteiger partial charge >= 0.3 is 0 Å². The van der Waals surface area contributed by atoms with Crippen LogP contribution in [0.1, 0.15) is 22.6 Å². The lowest BCUT2D eigenvalue weighted by molar-refractivity contribution is -0.126. The number of hydrazone groups is 1. The van der Waals surface area contributed by atoms with Crippen molar-refractivity contribution in [2.24, 2.45) is 5.10 Å². The number of hydrogen-bond donors (Lipinski definition) is 3. The molecule has 0 saturated heterocycles. The van der Waals surface area contributed by atoms with Crippen LogP contribution < -0.4 is 15.5 Å². The molecule has 3 aromatic rings. The summed E-state index contributed by atoms with van der Waals surface area (Å²) in [7, 11) is 1.44. The zero-order chi connectivity index (χ0) is 22.1. The Morgan fingerprint density at radius 1 is 1.00 bits per heavy atom. The molecule has 0 heterocycles. The zero-order valence-electron chi connectivity index (χ0n) is 17.0. The maximum atomic E-state index is 12.9. The maximum Gasteiger partial charge on any atom is 0.259 e. The molecular weight excluding hydrogens is 394 g/mol. The van der Waals surface area contributed by atoms with Gasteiger partial charge in [0.05, 0.1) is 25.8 Å². The van der Waals surface area contributed by atoms with Crippen molar-refractivity contribution in [1.29, 1.82) is 0 Å². The van der Waals surface area contributed by atoms with Gasteiger partial charge in [-0.1, -0.05) is 60.7 Å². The van der Waals surface area contributed by atoms with Crippen LogP contribution in [-0.4, -0.2) is 36.8 Å². The van der Waals surface area contributed by atoms with E-state index in [-0.39, 0.29) is 18.2 Å². The fourth-order valence-corrected chi connectivity index (χ4v) is 3.05. The molecule has 0 fully saturated rings. The SMILES string of the molecule is COc1cc(/C=N/NC(=O)CNC(=O)C(c2ccccc2)c2ccccc2)ccc1O. The van der Waals surface area contributed by atoms with Crippen molar-refractivity contribution in [3.05, 3.63) is 95.6 Å². The Morgan fingerprint density at radius 2 is 1.61 bits per heavy atom. The van der Waals surface area contributed by atoms with Crippen molar-refractivity contribution in [3.8, 4) is 11.5 Å². The van der Waals surface area contributed by atoms with Crippen molar-refractivity contribution in [1.82, 2.24) is 10.7 Å². The molecule has 0 unspecified atom stereocenters. The second-order valence-corrected chi connectivity index (χ2v) is 6.70. The summed E-state index contributed by atoms with van der Waals surface area (Å²) in [5, 5.41) is 16.1. The van der Waals surface area contributed by atoms with E-state index in [1.165, 1.54) is 19.4 Å². The zero-order valence-corrected chi connectivity index (χ0v) is 17.0. The molecule has 0 radical (unpaired) electrons. The summed E-state index contributed by atoms with van der Waals surface area (Å²) in [4.78, 5) is 25.0. The molecule has 31 heavy (non-hydrogen) atoms. The molecule has 0 aliphatic heterocycles. The lowest BCUT2D eigenvalue weighted by Crippen LogP contribution is -2.37. The number of phenols is 1. The topological polar surface area (TPSA) is 100 Å². The molecule has 7 nitrogen and oxygen atoms in total. The molecule has 3 rings (SSSR count). The van der Waals surface area contributed by atoms with Crippen molar-refractivity contribution in [2.45, 2.75) is 5.92 Å². The van der Waals surface area contributed by atoms with Gasteiger partial charge in [0, 0.05) is 0 Å². The summed E-state index contributed by atoms with van der Waals surface area (Å²) >= 11 is 0. The number of rotatable bonds is 8. The highest BCUT2D eigenvalue weighted by Gasteiger charge is 2.22. The van der Waals surface area contributed by atoms with E-state index in [1.807, 2.05) is 60.7 Å². The number of nitrogens with one attached hydrogen (secondary N) is 2. The molecule has 0 aliphatic rings. The van der Waals surface area contributed by atoms with Gasteiger partial charge < -0.3 is 15.2 Å². The summed E-state index contributed by atoms with van der Waals surface area (Å²) in [5.74, 6) is -0.952. The predicted octanol–water partition coefficient (Wildman–Crippen LogP) is 2.80. The summed E-state index contributed by atoms with van der Waals surface area (Å²) in [6.45, 7) is -0.217. The van der Waals surface area contributed by atoms with Crippen LogP contribution in [0.25, 0.3) is 0 Å². The van der Waals surface area contributed by atoms with Crippen molar-refractivity contribution in [2.75, 3.05) is 13.7 Å². The Bertz CT molecular complexity index is 1010. The lowest BCUT2D eigenvalue weighted by Gasteiger charge is -2.17. The summed E-state index contributed by atoms with van der Waals surface area (Å²) in [6, 6.07) is 23.5. The van der Waals surface area contributed by atoms with Crippen LogP contribution in [0.15, 0.2) is 84.0 Å². The third-order valence-corrected chi connectivity index (χ3v) is 4.56. The summed E-state index contributed by atoms with van der Waals surface area (Å²) < 4.78 is 5.03. The van der Waals surface area contributed by atoms with E-state index in [0.717, 1.165) is 11.1 Å². The van der Waals surface area contributed by atoms with Crippen LogP contribution in [-0.2, 0) is 9.59 Å². The van der Waals surface area contributed by atoms with E-state index >= 15 is 0 Å². The lowest BCUT2D eigenvalue weighted by atomic mass is 9.90. The second kappa shape index (κ2) is 10.6. The Kier molecular flexibility index (Phi) is 7.37. The summed E-state index contributed by atoms with van der Waals surface area (Å²) in [5.41, 5.74) is 4.68. The molecule has 158 valence electrons. The molecule has 0 saturated carbocycles. The van der Waals surface area contributed by atoms with E-state index in [4.69, 9.17) is 4.74 Å². The first kappa shape index (κ1) is 21.6. The van der Waals surface area contributed by atoms with Gasteiger partial charge in [-0.05, 0) is 34.9 Å². The smallest absolute Gasteiger partial charge is 0.259 e. The highest BCUT2D eigenvalue weighted by molar-refractivity contribution is 5.91. The Hall–Kier alpha value is -4.13. The predicted molar refractivity (Wildman–Crippen MR) is 118 cm³/mol. The van der Waals surface area contributed by atoms with Crippen molar-refractivity contribution < 1.29 is 19.4 Å². The minimum Gasteiger partial charge on any atom is -0.504 e. The first-order valence-electron chi connectivity index (χ1n) is 9.65. The number of nitrogens with zero attached hydrogens (tertiary/aromatic N) is 1. The van der Waals surface area contributed by atoms with Gasteiger partial charge in [0.2, 0.25) is 5.91 Å². The highest BCUT2D eigenvalue weighted by Crippen LogP contribution is 2.26. The minimum atomic E-state index is -0.525. The number of amides is 2. The number of carbonyl (C=O) groups is 2. The van der Waals surface area contributed by atoms with Crippen LogP contribution in [0.5, 0.6) is 11.5 Å². The minimum absolute atomic E-state index is 0.0118. The molecular formula is C24H23N3O4. The molecule has 0 aromatic heterocycles. The van der Waals surface area contributed by atoms with E-state index in [9.17, 15) is 14.7 Å². The van der Waals surface area contributed by atoms with Crippen LogP contribution in [0.2, 0.25) is 0 Å². The molecule has 0 spiro atoms. The fourth-order valence-electron chi connectivity index (χ4n) is 3.05. The quantitative estimate of drug-likeness (QED) is 0.388. The maximum absolute atomic E-state index is 12.9. The standard InChI is InChI=1S/C24H23N3O4/c1-31-21-14-17(12-13-20(21)28)15-26-27-22(29)16-25-24(30)23(18-8-4-2-5-9-18)19-10-6-3-7-11-19/h2-15,23,28H,16H2,1H3,(H,25,30)(H,27,29)/b26-15+. The van der Waals surface area contributed by atoms with Crippen molar-refractivity contribution in [3.63, 3.8) is 0 Å². The molecule has 0 bridgehead atoms. The average molecular weight is 417 g/mol. The largest absolute Gasteiger partial charge is 0.504 e. The van der Waals surface area contributed by atoms with Gasteiger partial charge in [0.25, 0.3) is 5.91 Å². The van der Waals surface area contributed by atoms with E-state index in [0.29, 0.717) is 11.3 Å². The molecule has 2 amide bonds. The Labute approximate surface area is 180 Å². The van der Waals surface area contributed by atoms with Crippen LogP contribution in [0.3, 0.4) is 0 Å². The highest BCUT2D eigenvalue weighted by atomic mass is 16.5. The number of methoxy groups -OCH3 is 1. The van der Waals surface area contributed by atoms with Gasteiger partial charge in [-0.25, -0.2) is 5.43 Å². The van der Waals surface area contributed by atoms with E-state index in [1.54, 1.807) is 12.1 Å². The summed E-state index contributed by atoms with van der Waals surface area (Å²) in [6.07, 6.45) is 1.42. The van der Waals surface area contributed by atoms with Gasteiger partial charge in [-0.15, -0.1) is 0 Å². The fraction of sp³-hybridized carbons (Fsp3) is 0.125. The van der Waals surface area contributed by atoms with Gasteiger partial charge in [0.1, 0.15) is 0 Å². The average Bonchev–Trinajstić information content (AvgIpc) is 2.80. The first-order valence-corrected chi connectivity index (χ1v) is 9.65. The number of carbonyl (C=O) groups excluding carboxylic acids is 2. The van der Waals surface area contributed by atoms with E-state index in [2.05, 4.69) is 15.8 Å². The van der Waals surface area contributed by atoms with E-state index < -0.39 is 11.8 Å². The van der Waals surface area contributed by atoms with Crippen LogP contribution in [0.4, 0.5) is 0 Å². The number of phenolic OH excluding ortho intramolecular Hbond substituents is 1. The molecule has 3 N–H and O–H groups in total. The number of ether oxygens (including phenoxy) is 1. The van der Waals surface area contributed by atoms with Gasteiger partial charge in [-0.2, -0.15) is 5.10 Å². The molecule has 0 atom stereocenters. The Morgan fingerprint density at radius 3 is 2.19 bits per heavy atom. The van der Waals surface area contributed by atoms with Crippen LogP contribution in [0, 0.1) is 0 Å². The van der Waals surface area contributed by atoms with Crippen LogP contribution >= 0.6 is 0 Å². The number of aromatic hydroxyl groups is 1. The third-order valence-electron chi connectivity index (χ3n) is 4.56. The normalized spacial score (nSPS) is 10.8.